The molecule has 2 saturated heterocycles. The molecular formula is C20H27N2O7+. The smallest absolute Gasteiger partial charge is 0.371 e. The second kappa shape index (κ2) is 8.00. The molecule has 2 heterocycles. The highest BCUT2D eigenvalue weighted by atomic mass is 16.5. The third-order valence-corrected chi connectivity index (χ3v) is 5.89. The van der Waals surface area contributed by atoms with Crippen LogP contribution in [0.15, 0.2) is 18.2 Å². The molecule has 2 amide bonds. The van der Waals surface area contributed by atoms with Gasteiger partial charge in [-0.3, -0.25) is 14.5 Å². The molecule has 0 aliphatic carbocycles. The minimum Gasteiger partial charge on any atom is -0.497 e. The number of carbonyl (C=O) groups excluding carboxylic acids is 3. The second-order valence-corrected chi connectivity index (χ2v) is 7.14. The van der Waals surface area contributed by atoms with E-state index in [9.17, 15) is 19.5 Å². The van der Waals surface area contributed by atoms with E-state index in [0.29, 0.717) is 17.1 Å². The molecule has 1 aromatic carbocycles. The highest BCUT2D eigenvalue weighted by molar-refractivity contribution is 6.08. The van der Waals surface area contributed by atoms with Crippen LogP contribution in [-0.2, 0) is 19.1 Å². The van der Waals surface area contributed by atoms with Crippen molar-refractivity contribution in [3.05, 3.63) is 23.8 Å². The molecule has 1 aromatic rings. The van der Waals surface area contributed by atoms with Gasteiger partial charge in [-0.15, -0.1) is 0 Å². The lowest BCUT2D eigenvalue weighted by Crippen LogP contribution is -2.99. The largest absolute Gasteiger partial charge is 0.497 e. The summed E-state index contributed by atoms with van der Waals surface area (Å²) in [5.41, 5.74) is -0.989. The predicted molar refractivity (Wildman–Crippen MR) is 100 cm³/mol. The molecule has 2 aliphatic heterocycles. The van der Waals surface area contributed by atoms with Gasteiger partial charge in [-0.05, 0) is 32.0 Å². The number of hydrogen-bond acceptors (Lipinski definition) is 7. The molecule has 0 aromatic heterocycles. The van der Waals surface area contributed by atoms with Crippen molar-refractivity contribution >= 4 is 17.8 Å². The number of aliphatic hydroxyl groups is 1. The molecule has 0 unspecified atom stereocenters. The minimum atomic E-state index is -1.60. The fourth-order valence-electron chi connectivity index (χ4n) is 4.55. The fraction of sp³-hybridized carbons (Fsp3) is 0.550. The van der Waals surface area contributed by atoms with Crippen LogP contribution in [0, 0.1) is 11.8 Å². The van der Waals surface area contributed by atoms with Gasteiger partial charge in [0.2, 0.25) is 17.4 Å². The lowest BCUT2D eigenvalue weighted by molar-refractivity contribution is -0.735. The van der Waals surface area contributed by atoms with Crippen LogP contribution in [0.2, 0.25) is 0 Å². The molecule has 3 N–H and O–H groups in total. The number of methoxy groups -OCH3 is 2. The van der Waals surface area contributed by atoms with Crippen molar-refractivity contribution in [2.75, 3.05) is 34.0 Å². The van der Waals surface area contributed by atoms with Crippen molar-refractivity contribution < 1.29 is 39.0 Å². The van der Waals surface area contributed by atoms with E-state index in [2.05, 4.69) is 0 Å². The number of aliphatic hydroxyl groups excluding tert-OH is 1. The predicted octanol–water partition coefficient (Wildman–Crippen LogP) is -0.763. The number of hydrogen-bond donors (Lipinski definition) is 2. The van der Waals surface area contributed by atoms with Crippen LogP contribution in [-0.4, -0.2) is 67.3 Å². The number of nitrogens with two attached hydrogens (primary N) is 1. The van der Waals surface area contributed by atoms with Gasteiger partial charge in [0.25, 0.3) is 0 Å². The molecular weight excluding hydrogens is 380 g/mol. The number of carbonyl (C=O) groups is 3. The fourth-order valence-corrected chi connectivity index (χ4v) is 4.55. The molecule has 2 fully saturated rings. The van der Waals surface area contributed by atoms with Crippen molar-refractivity contribution in [3.8, 4) is 11.5 Å². The number of imide groups is 1. The van der Waals surface area contributed by atoms with Crippen LogP contribution in [0.1, 0.15) is 25.5 Å². The molecule has 0 bridgehead atoms. The number of ether oxygens (including phenoxy) is 3. The Morgan fingerprint density at radius 3 is 2.48 bits per heavy atom. The monoisotopic (exact) mass is 407 g/mol. The number of amides is 2. The third kappa shape index (κ3) is 3.05. The van der Waals surface area contributed by atoms with Crippen molar-refractivity contribution in [2.45, 2.75) is 25.4 Å². The van der Waals surface area contributed by atoms with Gasteiger partial charge >= 0.3 is 5.97 Å². The first-order valence-corrected chi connectivity index (χ1v) is 9.61. The van der Waals surface area contributed by atoms with Crippen LogP contribution in [0.4, 0.5) is 0 Å². The van der Waals surface area contributed by atoms with Gasteiger partial charge < -0.3 is 24.6 Å². The summed E-state index contributed by atoms with van der Waals surface area (Å²) in [5.74, 6) is -2.36. The van der Waals surface area contributed by atoms with E-state index in [4.69, 9.17) is 14.2 Å². The van der Waals surface area contributed by atoms with E-state index in [1.54, 1.807) is 37.4 Å². The Kier molecular flexibility index (Phi) is 5.81. The number of quaternary nitrogens is 1. The summed E-state index contributed by atoms with van der Waals surface area (Å²) in [5, 5.41) is 11.8. The number of nitrogens with zero attached hydrogens (tertiary/aromatic N) is 1. The van der Waals surface area contributed by atoms with Crippen LogP contribution >= 0.6 is 0 Å². The zero-order valence-electron chi connectivity index (χ0n) is 17.0. The Labute approximate surface area is 168 Å². The number of likely N-dealkylation sites (tertiary alicyclic amines) is 1. The van der Waals surface area contributed by atoms with Crippen LogP contribution < -0.4 is 14.8 Å². The number of fused-ring (bicyclic) bond motifs is 1. The Hall–Kier alpha value is -2.65. The topological polar surface area (TPSA) is 119 Å². The van der Waals surface area contributed by atoms with Gasteiger partial charge in [0.1, 0.15) is 36.0 Å². The quantitative estimate of drug-likeness (QED) is 0.450. The minimum absolute atomic E-state index is 0.0958. The number of esters is 1. The maximum Gasteiger partial charge on any atom is 0.371 e. The van der Waals surface area contributed by atoms with Crippen molar-refractivity contribution in [1.29, 1.82) is 0 Å². The summed E-state index contributed by atoms with van der Waals surface area (Å²) in [4.78, 5) is 40.2. The van der Waals surface area contributed by atoms with E-state index in [1.165, 1.54) is 14.2 Å². The van der Waals surface area contributed by atoms with Gasteiger partial charge in [-0.25, -0.2) is 4.79 Å². The SMILES string of the molecule is CCOC(=O)[C@]1(CO)[NH2+][C@@H](c2cc(OC)ccc2OC)[C@@H]2C(=O)N(CC)C(=O)[C@H]21. The zero-order valence-corrected chi connectivity index (χ0v) is 17.0. The summed E-state index contributed by atoms with van der Waals surface area (Å²) in [6, 6.07) is 4.52. The van der Waals surface area contributed by atoms with Gasteiger partial charge in [0.15, 0.2) is 0 Å². The molecule has 2 aliphatic rings. The first kappa shape index (κ1) is 21.1. The Morgan fingerprint density at radius 2 is 1.93 bits per heavy atom. The molecule has 0 radical (unpaired) electrons. The number of benzene rings is 1. The molecule has 4 atom stereocenters. The zero-order chi connectivity index (χ0) is 21.3. The first-order chi connectivity index (χ1) is 13.9. The molecule has 9 nitrogen and oxygen atoms in total. The lowest BCUT2D eigenvalue weighted by atomic mass is 9.79. The van der Waals surface area contributed by atoms with Gasteiger partial charge in [-0.1, -0.05) is 0 Å². The van der Waals surface area contributed by atoms with E-state index in [1.807, 2.05) is 0 Å². The summed E-state index contributed by atoms with van der Waals surface area (Å²) in [6.45, 7) is 3.01. The van der Waals surface area contributed by atoms with E-state index in [0.717, 1.165) is 4.90 Å². The highest BCUT2D eigenvalue weighted by Crippen LogP contribution is 2.46. The maximum absolute atomic E-state index is 13.1. The van der Waals surface area contributed by atoms with Crippen LogP contribution in [0.25, 0.3) is 0 Å². The Balaban J connectivity index is 2.18. The summed E-state index contributed by atoms with van der Waals surface area (Å²) in [7, 11) is 3.02. The van der Waals surface area contributed by atoms with Crippen LogP contribution in [0.3, 0.4) is 0 Å². The van der Waals surface area contributed by atoms with Gasteiger partial charge in [0.05, 0.1) is 26.4 Å². The van der Waals surface area contributed by atoms with Crippen molar-refractivity contribution in [1.82, 2.24) is 4.90 Å². The number of rotatable bonds is 7. The van der Waals surface area contributed by atoms with Crippen molar-refractivity contribution in [2.24, 2.45) is 11.8 Å². The third-order valence-electron chi connectivity index (χ3n) is 5.89. The van der Waals surface area contributed by atoms with E-state index in [-0.39, 0.29) is 19.1 Å². The van der Waals surface area contributed by atoms with Crippen molar-refractivity contribution in [3.63, 3.8) is 0 Å². The lowest BCUT2D eigenvalue weighted by Gasteiger charge is -2.27. The summed E-state index contributed by atoms with van der Waals surface area (Å²) < 4.78 is 16.0. The molecule has 9 heteroatoms. The van der Waals surface area contributed by atoms with E-state index >= 15 is 0 Å². The van der Waals surface area contributed by atoms with E-state index < -0.39 is 41.9 Å². The van der Waals surface area contributed by atoms with Crippen LogP contribution in [0.5, 0.6) is 11.5 Å². The normalized spacial score (nSPS) is 28.4. The molecule has 3 rings (SSSR count). The second-order valence-electron chi connectivity index (χ2n) is 7.14. The average Bonchev–Trinajstić information content (AvgIpc) is 3.21. The Morgan fingerprint density at radius 1 is 1.21 bits per heavy atom. The average molecular weight is 407 g/mol. The highest BCUT2D eigenvalue weighted by Gasteiger charge is 2.72. The Bertz CT molecular complexity index is 827. The summed E-state index contributed by atoms with van der Waals surface area (Å²) >= 11 is 0. The molecule has 158 valence electrons. The maximum atomic E-state index is 13.1. The standard InChI is InChI=1S/C20H26N2O7/c1-5-22-17(24)14-15(18(22)25)20(10-23,19(26)29-6-2)21-16(14)12-9-11(27-3)7-8-13(12)28-4/h7-9,14-16,21,23H,5-6,10H2,1-4H3/p+1/t14-,15+,16+,20-/m1/s1. The molecule has 0 saturated carbocycles. The molecule has 29 heavy (non-hydrogen) atoms. The van der Waals surface area contributed by atoms with Gasteiger partial charge in [0, 0.05) is 6.54 Å². The first-order valence-electron chi connectivity index (χ1n) is 9.61. The van der Waals surface area contributed by atoms with Gasteiger partial charge in [-0.2, -0.15) is 0 Å². The molecule has 0 spiro atoms. The summed E-state index contributed by atoms with van der Waals surface area (Å²) in [6.07, 6.45) is 0.